The fourth-order valence-electron chi connectivity index (χ4n) is 5.10. The lowest BCUT2D eigenvalue weighted by atomic mass is 9.98. The Labute approximate surface area is 190 Å². The maximum Gasteiger partial charge on any atom is 0.259 e. The smallest absolute Gasteiger partial charge is 0.259 e. The third kappa shape index (κ3) is 3.36. The second-order valence-electron chi connectivity index (χ2n) is 8.86. The summed E-state index contributed by atoms with van der Waals surface area (Å²) in [5, 5.41) is 4.29. The Balaban J connectivity index is 1.23. The number of amides is 3. The second-order valence-corrected chi connectivity index (χ2v) is 8.86. The summed E-state index contributed by atoms with van der Waals surface area (Å²) in [6.45, 7) is 2.46. The van der Waals surface area contributed by atoms with Crippen LogP contribution in [0.1, 0.15) is 28.8 Å². The number of carbonyl (C=O) groups excluding carboxylic acids is 3. The van der Waals surface area contributed by atoms with Gasteiger partial charge in [0.05, 0.1) is 5.69 Å². The highest BCUT2D eigenvalue weighted by molar-refractivity contribution is 6.27. The Hall–Kier alpha value is -3.71. The third-order valence-corrected chi connectivity index (χ3v) is 6.70. The lowest BCUT2D eigenvalue weighted by Crippen LogP contribution is -2.53. The van der Waals surface area contributed by atoms with Crippen molar-refractivity contribution in [1.82, 2.24) is 10.2 Å². The lowest BCUT2D eigenvalue weighted by Gasteiger charge is -2.39. The Morgan fingerprint density at radius 2 is 1.76 bits per heavy atom. The molecule has 166 valence electrons. The zero-order valence-corrected chi connectivity index (χ0v) is 18.0. The molecule has 0 aromatic heterocycles. The van der Waals surface area contributed by atoms with Gasteiger partial charge in [0.25, 0.3) is 5.91 Å². The number of piperidine rings is 1. The van der Waals surface area contributed by atoms with E-state index in [0.717, 1.165) is 47.4 Å². The fourth-order valence-corrected chi connectivity index (χ4v) is 5.10. The van der Waals surface area contributed by atoms with Crippen molar-refractivity contribution in [2.75, 3.05) is 18.0 Å². The number of likely N-dealkylation sites (tertiary alicyclic amines) is 1. The molecule has 0 spiro atoms. The molecule has 0 aliphatic carbocycles. The SMILES string of the molecule is O=C1CCC(N2C(=O)c3ccc(CN4CC(Oc5ccccc5)C4)c4cccc2c34)C(=O)N1. The minimum atomic E-state index is -0.664. The number of imide groups is 1. The van der Waals surface area contributed by atoms with E-state index in [2.05, 4.69) is 10.2 Å². The van der Waals surface area contributed by atoms with E-state index >= 15 is 0 Å². The van der Waals surface area contributed by atoms with Crippen molar-refractivity contribution in [2.45, 2.75) is 31.5 Å². The summed E-state index contributed by atoms with van der Waals surface area (Å²) in [5.41, 5.74) is 2.51. The Morgan fingerprint density at radius 1 is 0.939 bits per heavy atom. The summed E-state index contributed by atoms with van der Waals surface area (Å²) in [6, 6.07) is 18.9. The number of para-hydroxylation sites is 1. The van der Waals surface area contributed by atoms with E-state index in [0.29, 0.717) is 12.0 Å². The van der Waals surface area contributed by atoms with Gasteiger partial charge < -0.3 is 4.74 Å². The predicted octanol–water partition coefficient (Wildman–Crippen LogP) is 2.87. The van der Waals surface area contributed by atoms with E-state index in [1.165, 1.54) is 0 Å². The van der Waals surface area contributed by atoms with Crippen molar-refractivity contribution in [1.29, 1.82) is 0 Å². The number of benzene rings is 3. The topological polar surface area (TPSA) is 79.0 Å². The van der Waals surface area contributed by atoms with Gasteiger partial charge in [-0.25, -0.2) is 0 Å². The van der Waals surface area contributed by atoms with Gasteiger partial charge in [0, 0.05) is 37.0 Å². The van der Waals surface area contributed by atoms with Crippen molar-refractivity contribution in [3.63, 3.8) is 0 Å². The summed E-state index contributed by atoms with van der Waals surface area (Å²) in [6.07, 6.45) is 0.747. The first-order valence-corrected chi connectivity index (χ1v) is 11.2. The van der Waals surface area contributed by atoms with Gasteiger partial charge in [-0.05, 0) is 41.6 Å². The first-order valence-electron chi connectivity index (χ1n) is 11.2. The van der Waals surface area contributed by atoms with Crippen LogP contribution in [-0.4, -0.2) is 47.9 Å². The van der Waals surface area contributed by atoms with Crippen LogP contribution in [0.2, 0.25) is 0 Å². The highest BCUT2D eigenvalue weighted by atomic mass is 16.5. The Kier molecular flexibility index (Phi) is 4.66. The van der Waals surface area contributed by atoms with Crippen molar-refractivity contribution >= 4 is 34.2 Å². The van der Waals surface area contributed by atoms with E-state index in [-0.39, 0.29) is 24.3 Å². The molecule has 0 saturated carbocycles. The van der Waals surface area contributed by atoms with Crippen LogP contribution < -0.4 is 15.0 Å². The number of hydrogen-bond acceptors (Lipinski definition) is 5. The van der Waals surface area contributed by atoms with Gasteiger partial charge in [-0.2, -0.15) is 0 Å². The minimum Gasteiger partial charge on any atom is -0.488 e. The molecule has 3 aliphatic rings. The molecule has 2 saturated heterocycles. The number of ether oxygens (including phenoxy) is 1. The highest BCUT2D eigenvalue weighted by Crippen LogP contribution is 2.41. The van der Waals surface area contributed by atoms with Crippen LogP contribution in [0.3, 0.4) is 0 Å². The second kappa shape index (κ2) is 7.71. The number of nitrogens with one attached hydrogen (secondary N) is 1. The van der Waals surface area contributed by atoms with Crippen LogP contribution in [0.5, 0.6) is 5.75 Å². The summed E-state index contributed by atoms with van der Waals surface area (Å²) >= 11 is 0. The van der Waals surface area contributed by atoms with E-state index in [1.54, 1.807) is 4.90 Å². The van der Waals surface area contributed by atoms with Crippen molar-refractivity contribution in [3.05, 3.63) is 71.8 Å². The molecule has 0 bridgehead atoms. The summed E-state index contributed by atoms with van der Waals surface area (Å²) in [7, 11) is 0. The molecule has 1 unspecified atom stereocenters. The molecule has 7 nitrogen and oxygen atoms in total. The molecule has 3 amide bonds. The van der Waals surface area contributed by atoms with Crippen molar-refractivity contribution < 1.29 is 19.1 Å². The monoisotopic (exact) mass is 441 g/mol. The number of carbonyl (C=O) groups is 3. The lowest BCUT2D eigenvalue weighted by molar-refractivity contribution is -0.134. The number of rotatable bonds is 5. The maximum absolute atomic E-state index is 13.3. The van der Waals surface area contributed by atoms with E-state index in [1.807, 2.05) is 60.7 Å². The zero-order chi connectivity index (χ0) is 22.5. The zero-order valence-electron chi connectivity index (χ0n) is 18.0. The van der Waals surface area contributed by atoms with Gasteiger partial charge >= 0.3 is 0 Å². The first kappa shape index (κ1) is 19.9. The van der Waals surface area contributed by atoms with Gasteiger partial charge in [0.2, 0.25) is 11.8 Å². The summed E-state index contributed by atoms with van der Waals surface area (Å²) in [5.74, 6) is 0.0155. The molecule has 33 heavy (non-hydrogen) atoms. The Bertz CT molecular complexity index is 1280. The molecular formula is C26H23N3O4. The molecule has 1 atom stereocenters. The van der Waals surface area contributed by atoms with Gasteiger partial charge in [-0.3, -0.25) is 29.5 Å². The van der Waals surface area contributed by atoms with Gasteiger partial charge in [-0.1, -0.05) is 36.4 Å². The molecule has 1 N–H and O–H groups in total. The van der Waals surface area contributed by atoms with Crippen molar-refractivity contribution in [3.8, 4) is 5.75 Å². The number of hydrogen-bond donors (Lipinski definition) is 1. The average Bonchev–Trinajstić information content (AvgIpc) is 3.07. The fraction of sp³-hybridized carbons (Fsp3) is 0.269. The largest absolute Gasteiger partial charge is 0.488 e. The minimum absolute atomic E-state index is 0.175. The summed E-state index contributed by atoms with van der Waals surface area (Å²) < 4.78 is 6.01. The quantitative estimate of drug-likeness (QED) is 0.616. The molecule has 6 rings (SSSR count). The van der Waals surface area contributed by atoms with Crippen LogP contribution in [0.4, 0.5) is 5.69 Å². The number of nitrogens with zero attached hydrogens (tertiary/aromatic N) is 2. The third-order valence-electron chi connectivity index (χ3n) is 6.70. The van der Waals surface area contributed by atoms with Crippen LogP contribution in [0.15, 0.2) is 60.7 Å². The highest BCUT2D eigenvalue weighted by Gasteiger charge is 2.41. The summed E-state index contributed by atoms with van der Waals surface area (Å²) in [4.78, 5) is 41.2. The van der Waals surface area contributed by atoms with Crippen LogP contribution in [0.25, 0.3) is 10.8 Å². The molecule has 2 fully saturated rings. The van der Waals surface area contributed by atoms with Crippen LogP contribution in [-0.2, 0) is 16.1 Å². The molecule has 3 aromatic rings. The van der Waals surface area contributed by atoms with E-state index < -0.39 is 11.9 Å². The molecule has 0 radical (unpaired) electrons. The number of anilines is 1. The normalized spacial score (nSPS) is 20.8. The van der Waals surface area contributed by atoms with Gasteiger partial charge in [0.15, 0.2) is 0 Å². The average molecular weight is 441 g/mol. The van der Waals surface area contributed by atoms with E-state index in [4.69, 9.17) is 4.74 Å². The van der Waals surface area contributed by atoms with Gasteiger partial charge in [0.1, 0.15) is 17.9 Å². The first-order chi connectivity index (χ1) is 16.1. The Morgan fingerprint density at radius 3 is 2.55 bits per heavy atom. The van der Waals surface area contributed by atoms with Crippen LogP contribution >= 0.6 is 0 Å². The van der Waals surface area contributed by atoms with Crippen molar-refractivity contribution in [2.24, 2.45) is 0 Å². The molecule has 3 heterocycles. The maximum atomic E-state index is 13.3. The van der Waals surface area contributed by atoms with Crippen LogP contribution in [0, 0.1) is 0 Å². The molecule has 3 aromatic carbocycles. The standard InChI is InChI=1S/C26H23N3O4/c30-23-12-11-22(25(31)27-23)29-21-8-4-7-19-16(9-10-20(24(19)21)26(29)32)13-28-14-18(15-28)33-17-5-2-1-3-6-17/h1-10,18,22H,11-15H2,(H,27,30,31). The van der Waals surface area contributed by atoms with Gasteiger partial charge in [-0.15, -0.1) is 0 Å². The molecular weight excluding hydrogens is 418 g/mol. The molecule has 3 aliphatic heterocycles. The van der Waals surface area contributed by atoms with E-state index in [9.17, 15) is 14.4 Å². The predicted molar refractivity (Wildman–Crippen MR) is 123 cm³/mol. The molecule has 7 heteroatoms.